The monoisotopic (exact) mass is 488 g/mol. The summed E-state index contributed by atoms with van der Waals surface area (Å²) >= 11 is 0. The fraction of sp³-hybridized carbons (Fsp3) is 0.217. The molecule has 4 rings (SSSR count). The molecule has 0 aliphatic heterocycles. The van der Waals surface area contributed by atoms with Crippen molar-refractivity contribution in [1.29, 1.82) is 0 Å². The summed E-state index contributed by atoms with van der Waals surface area (Å²) in [5.74, 6) is -4.60. The van der Waals surface area contributed by atoms with Gasteiger partial charge < -0.3 is 14.6 Å². The van der Waals surface area contributed by atoms with Crippen molar-refractivity contribution in [2.75, 3.05) is 0 Å². The highest BCUT2D eigenvalue weighted by atomic mass is 19.4. The van der Waals surface area contributed by atoms with Crippen LogP contribution in [-0.4, -0.2) is 6.18 Å². The number of benzene rings is 2. The maximum atomic E-state index is 14.0. The average Bonchev–Trinajstić information content (AvgIpc) is 3.21. The summed E-state index contributed by atoms with van der Waals surface area (Å²) in [6.45, 7) is 5.33. The van der Waals surface area contributed by atoms with Crippen LogP contribution in [0.5, 0.6) is 0 Å². The number of rotatable bonds is 4. The zero-order valence-corrected chi connectivity index (χ0v) is 17.9. The number of nitrogens with one attached hydrogen (secondary N) is 1. The van der Waals surface area contributed by atoms with E-state index in [0.29, 0.717) is 12.1 Å². The van der Waals surface area contributed by atoms with Crippen LogP contribution in [0.1, 0.15) is 28.7 Å². The van der Waals surface area contributed by atoms with Crippen LogP contribution >= 0.6 is 0 Å². The van der Waals surface area contributed by atoms with E-state index in [1.807, 2.05) is 0 Å². The summed E-state index contributed by atoms with van der Waals surface area (Å²) in [4.78, 5) is 0. The Hall–Kier alpha value is -3.47. The normalized spacial score (nSPS) is 12.6. The summed E-state index contributed by atoms with van der Waals surface area (Å²) < 4.78 is 107. The Labute approximate surface area is 188 Å². The largest absolute Gasteiger partial charge is 0.456 e. The van der Waals surface area contributed by atoms with Crippen LogP contribution in [0.3, 0.4) is 0 Å². The fourth-order valence-corrected chi connectivity index (χ4v) is 3.55. The van der Waals surface area contributed by atoms with E-state index >= 15 is 0 Å². The second-order valence-electron chi connectivity index (χ2n) is 7.36. The summed E-state index contributed by atoms with van der Waals surface area (Å²) in [6, 6.07) is 0.622. The highest BCUT2D eigenvalue weighted by Gasteiger charge is 2.44. The van der Waals surface area contributed by atoms with Gasteiger partial charge in [0.2, 0.25) is 0 Å². The molecule has 11 heteroatoms. The lowest BCUT2D eigenvalue weighted by Crippen LogP contribution is -2.34. The van der Waals surface area contributed by atoms with Gasteiger partial charge in [-0.1, -0.05) is 6.58 Å². The Bertz CT molecular complexity index is 1360. The minimum Gasteiger partial charge on any atom is -0.456 e. The number of alkyl halides is 3. The lowest BCUT2D eigenvalue weighted by atomic mass is 10.1. The van der Waals surface area contributed by atoms with Gasteiger partial charge >= 0.3 is 6.18 Å². The van der Waals surface area contributed by atoms with E-state index in [0.717, 1.165) is 12.1 Å². The molecule has 4 aromatic rings. The van der Waals surface area contributed by atoms with Crippen molar-refractivity contribution in [3.8, 4) is 0 Å². The summed E-state index contributed by atoms with van der Waals surface area (Å²) in [7, 11) is 0. The van der Waals surface area contributed by atoms with E-state index in [1.165, 1.54) is 20.0 Å². The maximum absolute atomic E-state index is 14.0. The van der Waals surface area contributed by atoms with Crippen LogP contribution < -0.4 is 11.1 Å². The second kappa shape index (κ2) is 9.41. The van der Waals surface area contributed by atoms with Crippen LogP contribution in [0.15, 0.2) is 45.9 Å². The first-order valence-electron chi connectivity index (χ1n) is 9.76. The molecule has 0 fully saturated rings. The predicted molar refractivity (Wildman–Crippen MR) is 112 cm³/mol. The minimum absolute atomic E-state index is 0.0419. The molecule has 2 aromatic heterocycles. The van der Waals surface area contributed by atoms with Gasteiger partial charge in [-0.3, -0.25) is 5.32 Å². The number of halogens is 7. The molecule has 34 heavy (non-hydrogen) atoms. The van der Waals surface area contributed by atoms with Gasteiger partial charge in [0.1, 0.15) is 23.2 Å². The van der Waals surface area contributed by atoms with Crippen molar-refractivity contribution in [2.24, 2.45) is 5.73 Å². The number of furan rings is 2. The standard InChI is InChI=1S/C21H14F7NO2.C2H5N/c1-8-12-3-10(22)5-14(24)18(12)30-16(8)7-29-20(21(26,27)28)17-9(2)13-4-11(23)6-15(25)19(13)31-17;1-2-3/h3-6,20,29H,7H2,1-2H3;2H,1,3H2. The van der Waals surface area contributed by atoms with Gasteiger partial charge in [0.05, 0.1) is 6.54 Å². The smallest absolute Gasteiger partial charge is 0.411 e. The molecular formula is C23H19F7N2O2. The van der Waals surface area contributed by atoms with Crippen LogP contribution in [0.25, 0.3) is 21.9 Å². The topological polar surface area (TPSA) is 64.3 Å². The van der Waals surface area contributed by atoms with Crippen molar-refractivity contribution in [1.82, 2.24) is 5.32 Å². The Morgan fingerprint density at radius 1 is 0.912 bits per heavy atom. The van der Waals surface area contributed by atoms with E-state index in [-0.39, 0.29) is 33.2 Å². The third-order valence-corrected chi connectivity index (χ3v) is 5.11. The van der Waals surface area contributed by atoms with E-state index in [9.17, 15) is 30.7 Å². The fourth-order valence-electron chi connectivity index (χ4n) is 3.55. The Kier molecular flexibility index (Phi) is 6.97. The van der Waals surface area contributed by atoms with Crippen molar-refractivity contribution in [3.05, 3.63) is 83.0 Å². The quantitative estimate of drug-likeness (QED) is 0.309. The average molecular weight is 488 g/mol. The molecule has 2 heterocycles. The molecule has 182 valence electrons. The third-order valence-electron chi connectivity index (χ3n) is 5.11. The van der Waals surface area contributed by atoms with Gasteiger partial charge in [-0.2, -0.15) is 13.2 Å². The van der Waals surface area contributed by atoms with Crippen molar-refractivity contribution >= 4 is 21.9 Å². The first-order valence-corrected chi connectivity index (χ1v) is 9.76. The van der Waals surface area contributed by atoms with Crippen molar-refractivity contribution in [2.45, 2.75) is 32.6 Å². The van der Waals surface area contributed by atoms with Gasteiger partial charge in [-0.25, -0.2) is 17.6 Å². The molecular weight excluding hydrogens is 469 g/mol. The van der Waals surface area contributed by atoms with Crippen LogP contribution in [0, 0.1) is 37.1 Å². The molecule has 0 amide bonds. The van der Waals surface area contributed by atoms with Crippen molar-refractivity contribution in [3.63, 3.8) is 0 Å². The number of aryl methyl sites for hydroxylation is 2. The highest BCUT2D eigenvalue weighted by Crippen LogP contribution is 2.40. The van der Waals surface area contributed by atoms with E-state index < -0.39 is 53.4 Å². The zero-order chi connectivity index (χ0) is 25.4. The molecule has 0 spiro atoms. The molecule has 0 aliphatic rings. The van der Waals surface area contributed by atoms with Crippen LogP contribution in [0.2, 0.25) is 0 Å². The Morgan fingerprint density at radius 2 is 1.38 bits per heavy atom. The van der Waals surface area contributed by atoms with E-state index in [2.05, 4.69) is 17.6 Å². The van der Waals surface area contributed by atoms with Gasteiger partial charge in [-0.05, 0) is 37.7 Å². The molecule has 2 aromatic carbocycles. The molecule has 0 aliphatic carbocycles. The molecule has 4 nitrogen and oxygen atoms in total. The third kappa shape index (κ3) is 4.74. The highest BCUT2D eigenvalue weighted by molar-refractivity contribution is 5.83. The first kappa shape index (κ1) is 25.2. The molecule has 0 saturated heterocycles. The Balaban J connectivity index is 0.00000103. The Morgan fingerprint density at radius 3 is 1.88 bits per heavy atom. The lowest BCUT2D eigenvalue weighted by molar-refractivity contribution is -0.162. The van der Waals surface area contributed by atoms with Crippen LogP contribution in [0.4, 0.5) is 30.7 Å². The summed E-state index contributed by atoms with van der Waals surface area (Å²) in [5.41, 5.74) is 4.01. The summed E-state index contributed by atoms with van der Waals surface area (Å²) in [5, 5.41) is 2.19. The number of hydrogen-bond acceptors (Lipinski definition) is 4. The van der Waals surface area contributed by atoms with Gasteiger partial charge in [0.15, 0.2) is 28.8 Å². The lowest BCUT2D eigenvalue weighted by Gasteiger charge is -2.20. The van der Waals surface area contributed by atoms with Gasteiger partial charge in [0, 0.05) is 28.5 Å². The maximum Gasteiger partial charge on any atom is 0.411 e. The zero-order valence-electron chi connectivity index (χ0n) is 17.9. The van der Waals surface area contributed by atoms with Gasteiger partial charge in [0.25, 0.3) is 0 Å². The number of nitrogens with two attached hydrogens (primary N) is 1. The number of fused-ring (bicyclic) bond motifs is 2. The molecule has 1 unspecified atom stereocenters. The van der Waals surface area contributed by atoms with E-state index in [1.54, 1.807) is 0 Å². The molecule has 0 bridgehead atoms. The molecule has 1 atom stereocenters. The summed E-state index contributed by atoms with van der Waals surface area (Å²) in [6.07, 6.45) is -3.62. The van der Waals surface area contributed by atoms with Gasteiger partial charge in [-0.15, -0.1) is 0 Å². The second-order valence-corrected chi connectivity index (χ2v) is 7.36. The van der Waals surface area contributed by atoms with Crippen molar-refractivity contribution < 1.29 is 39.6 Å². The van der Waals surface area contributed by atoms with Crippen LogP contribution in [-0.2, 0) is 6.54 Å². The molecule has 0 radical (unpaired) electrons. The predicted octanol–water partition coefficient (Wildman–Crippen LogP) is 6.83. The SMILES string of the molecule is C=CN.Cc1c(CNC(c2oc3c(F)cc(F)cc3c2C)C(F)(F)F)oc2c(F)cc(F)cc12. The van der Waals surface area contributed by atoms with E-state index in [4.69, 9.17) is 8.83 Å². The molecule has 3 N–H and O–H groups in total. The number of hydrogen-bond donors (Lipinski definition) is 2. The minimum atomic E-state index is -4.87. The first-order chi connectivity index (χ1) is 15.9. The molecule has 0 saturated carbocycles.